The third-order valence-corrected chi connectivity index (χ3v) is 3.97. The van der Waals surface area contributed by atoms with Crippen molar-refractivity contribution in [3.05, 3.63) is 63.8 Å². The number of aromatic nitrogens is 4. The lowest BCUT2D eigenvalue weighted by Gasteiger charge is -2.06. The third kappa shape index (κ3) is 1.86. The highest BCUT2D eigenvalue weighted by Gasteiger charge is 2.13. The van der Waals surface area contributed by atoms with Crippen molar-refractivity contribution in [1.82, 2.24) is 19.5 Å². The zero-order valence-corrected chi connectivity index (χ0v) is 11.7. The average Bonchev–Trinajstić information content (AvgIpc) is 3.06. The normalized spacial score (nSPS) is 11.5. The monoisotopic (exact) mass is 298 g/mol. The maximum atomic E-state index is 12.2. The van der Waals surface area contributed by atoms with E-state index in [1.54, 1.807) is 10.8 Å². The summed E-state index contributed by atoms with van der Waals surface area (Å²) >= 11 is 6.20. The molecule has 0 radical (unpaired) electrons. The van der Waals surface area contributed by atoms with Crippen molar-refractivity contribution in [3.63, 3.8) is 0 Å². The number of nitrogens with one attached hydrogen (secondary N) is 2. The first kappa shape index (κ1) is 12.2. The summed E-state index contributed by atoms with van der Waals surface area (Å²) in [7, 11) is 0. The summed E-state index contributed by atoms with van der Waals surface area (Å²) in [4.78, 5) is 22.4. The molecule has 3 aromatic heterocycles. The molecule has 0 unspecified atom stereocenters. The highest BCUT2D eigenvalue weighted by Crippen LogP contribution is 2.23. The smallest absolute Gasteiger partial charge is 0.326 e. The first-order valence-corrected chi connectivity index (χ1v) is 6.90. The van der Waals surface area contributed by atoms with Crippen LogP contribution in [-0.2, 0) is 6.54 Å². The Hall–Kier alpha value is -2.53. The maximum absolute atomic E-state index is 12.2. The standard InChI is InChI=1S/C15H11ClN4O/c16-11-4-2-1-3-9(11)8-20-13-10-5-6-17-14(10)18-7-12(13)19-15(20)21/h1-7H,8H2,(H,17,18)(H,19,21). The first-order valence-electron chi connectivity index (χ1n) is 6.52. The third-order valence-electron chi connectivity index (χ3n) is 3.60. The number of nitrogens with zero attached hydrogens (tertiary/aromatic N) is 2. The fraction of sp³-hybridized carbons (Fsp3) is 0.0667. The van der Waals surface area contributed by atoms with E-state index in [4.69, 9.17) is 11.6 Å². The van der Waals surface area contributed by atoms with Crippen LogP contribution >= 0.6 is 11.6 Å². The fourth-order valence-electron chi connectivity index (χ4n) is 2.61. The van der Waals surface area contributed by atoms with Crippen LogP contribution in [0.1, 0.15) is 5.56 Å². The summed E-state index contributed by atoms with van der Waals surface area (Å²) < 4.78 is 1.69. The Kier molecular flexibility index (Phi) is 2.62. The van der Waals surface area contributed by atoms with Gasteiger partial charge in [-0.25, -0.2) is 9.78 Å². The number of imidazole rings is 1. The number of halogens is 1. The second-order valence-electron chi connectivity index (χ2n) is 4.87. The van der Waals surface area contributed by atoms with E-state index in [1.165, 1.54) is 0 Å². The highest BCUT2D eigenvalue weighted by atomic mass is 35.5. The molecule has 2 N–H and O–H groups in total. The molecule has 5 nitrogen and oxygen atoms in total. The summed E-state index contributed by atoms with van der Waals surface area (Å²) in [6.45, 7) is 0.419. The van der Waals surface area contributed by atoms with E-state index in [0.717, 1.165) is 27.6 Å². The van der Waals surface area contributed by atoms with Crippen LogP contribution in [0.3, 0.4) is 0 Å². The van der Waals surface area contributed by atoms with Crippen molar-refractivity contribution in [3.8, 4) is 0 Å². The minimum absolute atomic E-state index is 0.166. The molecule has 4 aromatic rings. The SMILES string of the molecule is O=c1[nH]c2cnc3[nH]ccc3c2n1Cc1ccccc1Cl. The molecule has 1 aromatic carbocycles. The number of benzene rings is 1. The van der Waals surface area contributed by atoms with Gasteiger partial charge < -0.3 is 9.97 Å². The van der Waals surface area contributed by atoms with E-state index in [9.17, 15) is 4.79 Å². The Labute approximate surface area is 124 Å². The van der Waals surface area contributed by atoms with Crippen LogP contribution in [0, 0.1) is 0 Å². The molecule has 0 saturated heterocycles. The molecule has 0 aliphatic heterocycles. The number of pyridine rings is 1. The molecular formula is C15H11ClN4O. The highest BCUT2D eigenvalue weighted by molar-refractivity contribution is 6.31. The van der Waals surface area contributed by atoms with Crippen molar-refractivity contribution in [2.45, 2.75) is 6.54 Å². The van der Waals surface area contributed by atoms with Gasteiger partial charge in [0.05, 0.1) is 23.8 Å². The maximum Gasteiger partial charge on any atom is 0.326 e. The largest absolute Gasteiger partial charge is 0.346 e. The van der Waals surface area contributed by atoms with Crippen LogP contribution in [0.2, 0.25) is 5.02 Å². The van der Waals surface area contributed by atoms with E-state index in [1.807, 2.05) is 36.5 Å². The molecule has 0 spiro atoms. The van der Waals surface area contributed by atoms with Gasteiger partial charge in [-0.1, -0.05) is 29.8 Å². The summed E-state index contributed by atoms with van der Waals surface area (Å²) in [5, 5.41) is 1.57. The lowest BCUT2D eigenvalue weighted by molar-refractivity contribution is 0.789. The predicted octanol–water partition coefficient (Wildman–Crippen LogP) is 2.91. The van der Waals surface area contributed by atoms with Gasteiger partial charge in [-0.05, 0) is 17.7 Å². The Morgan fingerprint density at radius 1 is 1.24 bits per heavy atom. The summed E-state index contributed by atoms with van der Waals surface area (Å²) in [6, 6.07) is 9.45. The van der Waals surface area contributed by atoms with Crippen LogP contribution in [0.15, 0.2) is 47.5 Å². The van der Waals surface area contributed by atoms with Gasteiger partial charge in [0.2, 0.25) is 0 Å². The minimum atomic E-state index is -0.166. The second kappa shape index (κ2) is 4.49. The molecule has 21 heavy (non-hydrogen) atoms. The number of rotatable bonds is 2. The Morgan fingerprint density at radius 3 is 2.95 bits per heavy atom. The van der Waals surface area contributed by atoms with Gasteiger partial charge in [0, 0.05) is 16.6 Å². The van der Waals surface area contributed by atoms with Crippen molar-refractivity contribution < 1.29 is 0 Å². The van der Waals surface area contributed by atoms with Crippen molar-refractivity contribution >= 4 is 33.7 Å². The number of hydrogen-bond donors (Lipinski definition) is 2. The molecule has 104 valence electrons. The van der Waals surface area contributed by atoms with E-state index < -0.39 is 0 Å². The van der Waals surface area contributed by atoms with Crippen LogP contribution in [0.4, 0.5) is 0 Å². The molecule has 0 amide bonds. The minimum Gasteiger partial charge on any atom is -0.346 e. The molecular weight excluding hydrogens is 288 g/mol. The van der Waals surface area contributed by atoms with E-state index in [-0.39, 0.29) is 5.69 Å². The van der Waals surface area contributed by atoms with E-state index in [0.29, 0.717) is 11.6 Å². The van der Waals surface area contributed by atoms with Crippen molar-refractivity contribution in [2.75, 3.05) is 0 Å². The Balaban J connectivity index is 2.00. The van der Waals surface area contributed by atoms with E-state index >= 15 is 0 Å². The Morgan fingerprint density at radius 2 is 2.10 bits per heavy atom. The quantitative estimate of drug-likeness (QED) is 0.597. The average molecular weight is 299 g/mol. The predicted molar refractivity (Wildman–Crippen MR) is 82.8 cm³/mol. The number of aromatic amines is 2. The fourth-order valence-corrected chi connectivity index (χ4v) is 2.80. The molecule has 0 bridgehead atoms. The Bertz CT molecular complexity index is 1010. The molecule has 6 heteroatoms. The van der Waals surface area contributed by atoms with Gasteiger partial charge >= 0.3 is 5.69 Å². The van der Waals surface area contributed by atoms with Gasteiger partial charge in [0.15, 0.2) is 0 Å². The number of fused-ring (bicyclic) bond motifs is 3. The number of H-pyrrole nitrogens is 2. The molecule has 4 rings (SSSR count). The van der Waals surface area contributed by atoms with Crippen molar-refractivity contribution in [2.24, 2.45) is 0 Å². The van der Waals surface area contributed by atoms with Gasteiger partial charge in [0.1, 0.15) is 5.65 Å². The summed E-state index contributed by atoms with van der Waals surface area (Å²) in [5.74, 6) is 0. The van der Waals surface area contributed by atoms with Crippen LogP contribution < -0.4 is 5.69 Å². The number of hydrogen-bond acceptors (Lipinski definition) is 2. The molecule has 0 saturated carbocycles. The van der Waals surface area contributed by atoms with Crippen LogP contribution in [-0.4, -0.2) is 19.5 Å². The summed E-state index contributed by atoms with van der Waals surface area (Å²) in [6.07, 6.45) is 3.48. The molecule has 3 heterocycles. The van der Waals surface area contributed by atoms with E-state index in [2.05, 4.69) is 15.0 Å². The molecule has 0 aliphatic carbocycles. The van der Waals surface area contributed by atoms with Gasteiger partial charge in [-0.3, -0.25) is 4.57 Å². The topological polar surface area (TPSA) is 66.5 Å². The molecule has 0 aliphatic rings. The lowest BCUT2D eigenvalue weighted by Crippen LogP contribution is -2.17. The zero-order chi connectivity index (χ0) is 14.4. The lowest BCUT2D eigenvalue weighted by atomic mass is 10.2. The molecule has 0 fully saturated rings. The van der Waals surface area contributed by atoms with Crippen LogP contribution in [0.5, 0.6) is 0 Å². The van der Waals surface area contributed by atoms with Gasteiger partial charge in [-0.15, -0.1) is 0 Å². The van der Waals surface area contributed by atoms with Crippen LogP contribution in [0.25, 0.3) is 22.1 Å². The zero-order valence-electron chi connectivity index (χ0n) is 10.9. The van der Waals surface area contributed by atoms with Crippen molar-refractivity contribution in [1.29, 1.82) is 0 Å². The molecule has 0 atom stereocenters. The van der Waals surface area contributed by atoms with Gasteiger partial charge in [-0.2, -0.15) is 0 Å². The second-order valence-corrected chi connectivity index (χ2v) is 5.28. The summed E-state index contributed by atoms with van der Waals surface area (Å²) in [5.41, 5.74) is 3.06. The first-order chi connectivity index (χ1) is 10.2. The van der Waals surface area contributed by atoms with Gasteiger partial charge in [0.25, 0.3) is 0 Å².